The summed E-state index contributed by atoms with van der Waals surface area (Å²) in [6.45, 7) is 5.59. The van der Waals surface area contributed by atoms with Gasteiger partial charge in [0.1, 0.15) is 11.5 Å². The molecule has 1 atom stereocenters. The van der Waals surface area contributed by atoms with E-state index in [4.69, 9.17) is 4.74 Å². The molecule has 0 spiro atoms. The number of ether oxygens (including phenoxy) is 1. The Morgan fingerprint density at radius 2 is 2.18 bits per heavy atom. The summed E-state index contributed by atoms with van der Waals surface area (Å²) in [5, 5.41) is 0. The van der Waals surface area contributed by atoms with Crippen LogP contribution in [0.25, 0.3) is 4.48 Å². The van der Waals surface area contributed by atoms with Crippen molar-refractivity contribution in [3.63, 3.8) is 0 Å². The highest BCUT2D eigenvalue weighted by molar-refractivity contribution is 9.15. The first-order valence-electron chi connectivity index (χ1n) is 5.43. The molecule has 0 radical (unpaired) electrons. The van der Waals surface area contributed by atoms with E-state index in [2.05, 4.69) is 20.9 Å². The lowest BCUT2D eigenvalue weighted by atomic mass is 10.0. The molecule has 0 amide bonds. The first-order valence-corrected chi connectivity index (χ1v) is 6.22. The maximum Gasteiger partial charge on any atom is 0.317 e. The van der Waals surface area contributed by atoms with E-state index in [0.29, 0.717) is 0 Å². The second kappa shape index (κ2) is 4.26. The van der Waals surface area contributed by atoms with Gasteiger partial charge in [-0.1, -0.05) is 22.0 Å². The van der Waals surface area contributed by atoms with Gasteiger partial charge in [0.15, 0.2) is 0 Å². The third-order valence-electron chi connectivity index (χ3n) is 2.42. The molecule has 1 heterocycles. The standard InChI is InChI=1S/C13H14BrNO2/c1-13(2,3)17-12(16)9-6-11(14)8-4-5-15-7-10(8)9/h4-7,9H,1-3H3. The van der Waals surface area contributed by atoms with Crippen LogP contribution in [0, 0.1) is 0 Å². The molecule has 1 aliphatic carbocycles. The summed E-state index contributed by atoms with van der Waals surface area (Å²) in [6, 6.07) is 1.89. The Bertz CT molecular complexity index is 488. The molecule has 0 aromatic carbocycles. The molecule has 0 bridgehead atoms. The number of hydrogen-bond donors (Lipinski definition) is 0. The molecule has 2 rings (SSSR count). The van der Waals surface area contributed by atoms with Crippen LogP contribution in [0.2, 0.25) is 0 Å². The normalized spacial score (nSPS) is 18.6. The van der Waals surface area contributed by atoms with E-state index in [0.717, 1.165) is 15.6 Å². The van der Waals surface area contributed by atoms with Crippen LogP contribution in [0.4, 0.5) is 0 Å². The molecule has 3 nitrogen and oxygen atoms in total. The Morgan fingerprint density at radius 1 is 1.47 bits per heavy atom. The highest BCUT2D eigenvalue weighted by Crippen LogP contribution is 2.39. The largest absolute Gasteiger partial charge is 0.459 e. The monoisotopic (exact) mass is 295 g/mol. The number of carbonyl (C=O) groups is 1. The third kappa shape index (κ3) is 2.57. The summed E-state index contributed by atoms with van der Waals surface area (Å²) < 4.78 is 6.32. The van der Waals surface area contributed by atoms with Crippen molar-refractivity contribution in [1.82, 2.24) is 4.98 Å². The molecular formula is C13H14BrNO2. The van der Waals surface area contributed by atoms with Crippen LogP contribution in [0.1, 0.15) is 37.8 Å². The highest BCUT2D eigenvalue weighted by Gasteiger charge is 2.31. The van der Waals surface area contributed by atoms with Gasteiger partial charge in [-0.05, 0) is 38.0 Å². The van der Waals surface area contributed by atoms with E-state index in [1.165, 1.54) is 0 Å². The Labute approximate surface area is 109 Å². The van der Waals surface area contributed by atoms with Gasteiger partial charge in [-0.3, -0.25) is 9.78 Å². The fraction of sp³-hybridized carbons (Fsp3) is 0.385. The van der Waals surface area contributed by atoms with Gasteiger partial charge in [0.2, 0.25) is 0 Å². The van der Waals surface area contributed by atoms with E-state index in [-0.39, 0.29) is 11.9 Å². The molecule has 0 saturated carbocycles. The molecule has 0 aliphatic heterocycles. The van der Waals surface area contributed by atoms with Gasteiger partial charge in [-0.25, -0.2) is 0 Å². The Kier molecular flexibility index (Phi) is 3.08. The Morgan fingerprint density at radius 3 is 2.82 bits per heavy atom. The fourth-order valence-electron chi connectivity index (χ4n) is 1.76. The minimum absolute atomic E-state index is 0.235. The summed E-state index contributed by atoms with van der Waals surface area (Å²) in [4.78, 5) is 16.1. The summed E-state index contributed by atoms with van der Waals surface area (Å²) in [5.41, 5.74) is 1.44. The molecule has 1 aromatic heterocycles. The van der Waals surface area contributed by atoms with Gasteiger partial charge in [0.25, 0.3) is 0 Å². The molecule has 1 aromatic rings. The second-order valence-corrected chi connectivity index (χ2v) is 5.84. The number of halogens is 1. The number of carbonyl (C=O) groups excluding carboxylic acids is 1. The van der Waals surface area contributed by atoms with Crippen LogP contribution in [0.15, 0.2) is 24.5 Å². The van der Waals surface area contributed by atoms with E-state index in [1.807, 2.05) is 32.9 Å². The molecule has 4 heteroatoms. The Balaban J connectivity index is 2.28. The summed E-state index contributed by atoms with van der Waals surface area (Å²) in [7, 11) is 0. The number of esters is 1. The SMILES string of the molecule is CC(C)(C)OC(=O)C1C=C(Br)c2ccncc21. The van der Waals surface area contributed by atoms with Gasteiger partial charge >= 0.3 is 5.97 Å². The zero-order valence-electron chi connectivity index (χ0n) is 10.0. The predicted molar refractivity (Wildman–Crippen MR) is 69.7 cm³/mol. The minimum atomic E-state index is -0.470. The Hall–Kier alpha value is -1.16. The molecule has 0 N–H and O–H groups in total. The van der Waals surface area contributed by atoms with Crippen LogP contribution in [-0.2, 0) is 9.53 Å². The first-order chi connectivity index (χ1) is 7.88. The second-order valence-electron chi connectivity index (χ2n) is 4.99. The average Bonchev–Trinajstić information content (AvgIpc) is 2.55. The predicted octanol–water partition coefficient (Wildman–Crippen LogP) is 3.26. The van der Waals surface area contributed by atoms with E-state index in [1.54, 1.807) is 12.4 Å². The maximum absolute atomic E-state index is 12.1. The average molecular weight is 296 g/mol. The molecule has 17 heavy (non-hydrogen) atoms. The van der Waals surface area contributed by atoms with Crippen molar-refractivity contribution in [3.05, 3.63) is 35.7 Å². The quantitative estimate of drug-likeness (QED) is 0.747. The van der Waals surface area contributed by atoms with E-state index >= 15 is 0 Å². The van der Waals surface area contributed by atoms with Crippen LogP contribution in [-0.4, -0.2) is 16.6 Å². The van der Waals surface area contributed by atoms with Crippen molar-refractivity contribution >= 4 is 26.4 Å². The van der Waals surface area contributed by atoms with Crippen LogP contribution >= 0.6 is 15.9 Å². The van der Waals surface area contributed by atoms with Gasteiger partial charge < -0.3 is 4.74 Å². The molecular weight excluding hydrogens is 282 g/mol. The first kappa shape index (κ1) is 12.3. The number of fused-ring (bicyclic) bond motifs is 1. The van der Waals surface area contributed by atoms with Crippen molar-refractivity contribution in [2.24, 2.45) is 0 Å². The van der Waals surface area contributed by atoms with Crippen LogP contribution in [0.3, 0.4) is 0 Å². The van der Waals surface area contributed by atoms with Gasteiger partial charge in [0.05, 0.1) is 0 Å². The topological polar surface area (TPSA) is 39.2 Å². The fourth-order valence-corrected chi connectivity index (χ4v) is 2.38. The van der Waals surface area contributed by atoms with Gasteiger partial charge in [-0.15, -0.1) is 0 Å². The minimum Gasteiger partial charge on any atom is -0.459 e. The number of hydrogen-bond acceptors (Lipinski definition) is 3. The maximum atomic E-state index is 12.1. The smallest absolute Gasteiger partial charge is 0.317 e. The lowest BCUT2D eigenvalue weighted by molar-refractivity contribution is -0.155. The number of pyridine rings is 1. The van der Waals surface area contributed by atoms with E-state index in [9.17, 15) is 4.79 Å². The molecule has 0 saturated heterocycles. The van der Waals surface area contributed by atoms with Crippen molar-refractivity contribution < 1.29 is 9.53 Å². The van der Waals surface area contributed by atoms with Crippen molar-refractivity contribution in [2.45, 2.75) is 32.3 Å². The van der Waals surface area contributed by atoms with Gasteiger partial charge in [0, 0.05) is 16.9 Å². The zero-order valence-corrected chi connectivity index (χ0v) is 11.6. The zero-order chi connectivity index (χ0) is 12.6. The highest BCUT2D eigenvalue weighted by atomic mass is 79.9. The number of aromatic nitrogens is 1. The summed E-state index contributed by atoms with van der Waals surface area (Å²) in [5.74, 6) is -0.589. The third-order valence-corrected chi connectivity index (χ3v) is 3.11. The van der Waals surface area contributed by atoms with Crippen molar-refractivity contribution in [3.8, 4) is 0 Å². The number of rotatable bonds is 1. The molecule has 1 unspecified atom stereocenters. The molecule has 1 aliphatic rings. The van der Waals surface area contributed by atoms with Crippen LogP contribution < -0.4 is 0 Å². The summed E-state index contributed by atoms with van der Waals surface area (Å²) >= 11 is 3.45. The number of nitrogens with zero attached hydrogens (tertiary/aromatic N) is 1. The lowest BCUT2D eigenvalue weighted by Crippen LogP contribution is -2.26. The van der Waals surface area contributed by atoms with Gasteiger partial charge in [-0.2, -0.15) is 0 Å². The van der Waals surface area contributed by atoms with Crippen LogP contribution in [0.5, 0.6) is 0 Å². The molecule has 90 valence electrons. The molecule has 0 fully saturated rings. The summed E-state index contributed by atoms with van der Waals surface area (Å²) in [6.07, 6.45) is 5.29. The van der Waals surface area contributed by atoms with E-state index < -0.39 is 5.60 Å². The van der Waals surface area contributed by atoms with Crippen molar-refractivity contribution in [1.29, 1.82) is 0 Å². The lowest BCUT2D eigenvalue weighted by Gasteiger charge is -2.21. The van der Waals surface area contributed by atoms with Crippen molar-refractivity contribution in [2.75, 3.05) is 0 Å².